The molecule has 0 unspecified atom stereocenters. The van der Waals surface area contributed by atoms with Gasteiger partial charge in [-0.05, 0) is 24.1 Å². The summed E-state index contributed by atoms with van der Waals surface area (Å²) in [6.45, 7) is 5.38. The first kappa shape index (κ1) is 16.7. The van der Waals surface area contributed by atoms with Crippen molar-refractivity contribution in [2.45, 2.75) is 32.0 Å². The van der Waals surface area contributed by atoms with Crippen molar-refractivity contribution in [1.82, 2.24) is 10.2 Å². The number of carbonyl (C=O) groups is 1. The number of benzene rings is 1. The number of amides is 1. The normalized spacial score (nSPS) is 19.8. The average Bonchev–Trinajstić information content (AvgIpc) is 3.15. The Balaban J connectivity index is 1.58. The van der Waals surface area contributed by atoms with Crippen LogP contribution >= 0.6 is 0 Å². The first-order chi connectivity index (χ1) is 11.8. The number of furan rings is 1. The van der Waals surface area contributed by atoms with Gasteiger partial charge < -0.3 is 14.5 Å². The Bertz CT molecular complexity index is 627. The Labute approximate surface area is 142 Å². The van der Waals surface area contributed by atoms with Crippen LogP contribution < -0.4 is 5.32 Å². The fraction of sp³-hybridized carbons (Fsp3) is 0.421. The first-order valence-corrected chi connectivity index (χ1v) is 8.48. The highest BCUT2D eigenvalue weighted by Gasteiger charge is 2.29. The van der Waals surface area contributed by atoms with E-state index in [0.717, 1.165) is 26.1 Å². The van der Waals surface area contributed by atoms with Crippen LogP contribution in [0.3, 0.4) is 0 Å². The molecule has 0 spiro atoms. The number of carbonyl (C=O) groups excluding carboxylic acids is 1. The standard InChI is InChI=1S/C19H24N2O3/c1-2-16(20-19(22)17-9-6-11-23-17)18-14-21(10-12-24-18)13-15-7-4-3-5-8-15/h3-9,11,16,18H,2,10,12-14H2,1H3,(H,20,22)/t16-,18+/m1/s1. The summed E-state index contributed by atoms with van der Waals surface area (Å²) >= 11 is 0. The van der Waals surface area contributed by atoms with Crippen molar-refractivity contribution in [2.24, 2.45) is 0 Å². The summed E-state index contributed by atoms with van der Waals surface area (Å²) in [4.78, 5) is 14.6. The van der Waals surface area contributed by atoms with Gasteiger partial charge >= 0.3 is 0 Å². The Hall–Kier alpha value is -2.11. The number of morpholine rings is 1. The van der Waals surface area contributed by atoms with E-state index in [1.807, 2.05) is 6.07 Å². The van der Waals surface area contributed by atoms with E-state index >= 15 is 0 Å². The monoisotopic (exact) mass is 328 g/mol. The second kappa shape index (κ2) is 8.13. The number of rotatable bonds is 6. The average molecular weight is 328 g/mol. The highest BCUT2D eigenvalue weighted by Crippen LogP contribution is 2.15. The van der Waals surface area contributed by atoms with Crippen LogP contribution in [0, 0.1) is 0 Å². The largest absolute Gasteiger partial charge is 0.459 e. The van der Waals surface area contributed by atoms with Gasteiger partial charge in [-0.3, -0.25) is 9.69 Å². The fourth-order valence-corrected chi connectivity index (χ4v) is 3.07. The predicted molar refractivity (Wildman–Crippen MR) is 91.7 cm³/mol. The van der Waals surface area contributed by atoms with Crippen LogP contribution in [0.15, 0.2) is 53.1 Å². The zero-order valence-electron chi connectivity index (χ0n) is 14.0. The highest BCUT2D eigenvalue weighted by atomic mass is 16.5. The molecule has 5 heteroatoms. The van der Waals surface area contributed by atoms with Crippen molar-refractivity contribution in [2.75, 3.05) is 19.7 Å². The van der Waals surface area contributed by atoms with Gasteiger partial charge in [0, 0.05) is 19.6 Å². The molecule has 2 aromatic rings. The molecule has 1 saturated heterocycles. The van der Waals surface area contributed by atoms with Crippen LogP contribution in [0.2, 0.25) is 0 Å². The minimum absolute atomic E-state index is 0.00799. The molecule has 24 heavy (non-hydrogen) atoms. The van der Waals surface area contributed by atoms with E-state index in [2.05, 4.69) is 41.4 Å². The third kappa shape index (κ3) is 4.24. The lowest BCUT2D eigenvalue weighted by atomic mass is 10.1. The molecule has 1 amide bonds. The van der Waals surface area contributed by atoms with Crippen molar-refractivity contribution < 1.29 is 13.9 Å². The summed E-state index contributed by atoms with van der Waals surface area (Å²) < 4.78 is 11.1. The van der Waals surface area contributed by atoms with Crippen molar-refractivity contribution in [1.29, 1.82) is 0 Å². The maximum Gasteiger partial charge on any atom is 0.287 e. The molecule has 5 nitrogen and oxygen atoms in total. The molecule has 3 rings (SSSR count). The fourth-order valence-electron chi connectivity index (χ4n) is 3.07. The van der Waals surface area contributed by atoms with E-state index in [-0.39, 0.29) is 18.1 Å². The molecular formula is C19H24N2O3. The lowest BCUT2D eigenvalue weighted by Gasteiger charge is -2.37. The second-order valence-corrected chi connectivity index (χ2v) is 6.10. The minimum Gasteiger partial charge on any atom is -0.459 e. The Kier molecular flexibility index (Phi) is 5.67. The van der Waals surface area contributed by atoms with E-state index in [4.69, 9.17) is 9.15 Å². The van der Waals surface area contributed by atoms with Gasteiger partial charge in [0.2, 0.25) is 0 Å². The summed E-state index contributed by atoms with van der Waals surface area (Å²) in [6, 6.07) is 13.8. The van der Waals surface area contributed by atoms with Crippen molar-refractivity contribution >= 4 is 5.91 Å². The number of nitrogens with zero attached hydrogens (tertiary/aromatic N) is 1. The van der Waals surface area contributed by atoms with Gasteiger partial charge in [-0.25, -0.2) is 0 Å². The molecule has 0 saturated carbocycles. The number of nitrogens with one attached hydrogen (secondary N) is 1. The molecule has 0 radical (unpaired) electrons. The molecule has 0 aliphatic carbocycles. The minimum atomic E-state index is -0.185. The SMILES string of the molecule is CC[C@@H](NC(=O)c1ccco1)[C@@H]1CN(Cc2ccccc2)CCO1. The highest BCUT2D eigenvalue weighted by molar-refractivity contribution is 5.91. The van der Waals surface area contributed by atoms with Crippen LogP contribution in [0.4, 0.5) is 0 Å². The van der Waals surface area contributed by atoms with Crippen LogP contribution in [-0.4, -0.2) is 42.6 Å². The number of hydrogen-bond donors (Lipinski definition) is 1. The second-order valence-electron chi connectivity index (χ2n) is 6.10. The summed E-state index contributed by atoms with van der Waals surface area (Å²) in [6.07, 6.45) is 2.32. The summed E-state index contributed by atoms with van der Waals surface area (Å²) in [5.74, 6) is 0.154. The van der Waals surface area contributed by atoms with E-state index < -0.39 is 0 Å². The molecule has 1 aliphatic heterocycles. The quantitative estimate of drug-likeness (QED) is 0.886. The van der Waals surface area contributed by atoms with Crippen LogP contribution in [0.5, 0.6) is 0 Å². The van der Waals surface area contributed by atoms with Gasteiger partial charge in [-0.1, -0.05) is 37.3 Å². The molecule has 0 bridgehead atoms. The van der Waals surface area contributed by atoms with Gasteiger partial charge in [0.1, 0.15) is 0 Å². The lowest BCUT2D eigenvalue weighted by molar-refractivity contribution is -0.0484. The number of ether oxygens (including phenoxy) is 1. The lowest BCUT2D eigenvalue weighted by Crippen LogP contribution is -2.53. The third-order valence-corrected chi connectivity index (χ3v) is 4.38. The van der Waals surface area contributed by atoms with Gasteiger partial charge in [-0.15, -0.1) is 0 Å². The van der Waals surface area contributed by atoms with Crippen molar-refractivity contribution in [3.8, 4) is 0 Å². The van der Waals surface area contributed by atoms with Crippen LogP contribution in [0.1, 0.15) is 29.5 Å². The molecular weight excluding hydrogens is 304 g/mol. The van der Waals surface area contributed by atoms with E-state index in [9.17, 15) is 4.79 Å². The Morgan fingerprint density at radius 1 is 1.29 bits per heavy atom. The van der Waals surface area contributed by atoms with Gasteiger partial charge in [0.05, 0.1) is 25.0 Å². The molecule has 1 N–H and O–H groups in total. The topological polar surface area (TPSA) is 54.7 Å². The maximum absolute atomic E-state index is 12.2. The van der Waals surface area contributed by atoms with E-state index in [1.165, 1.54) is 11.8 Å². The molecule has 1 aromatic heterocycles. The molecule has 1 aliphatic rings. The van der Waals surface area contributed by atoms with Gasteiger partial charge in [0.15, 0.2) is 5.76 Å². The van der Waals surface area contributed by atoms with Crippen LogP contribution in [-0.2, 0) is 11.3 Å². The Morgan fingerprint density at radius 2 is 2.12 bits per heavy atom. The summed E-state index contributed by atoms with van der Waals surface area (Å²) in [7, 11) is 0. The molecule has 2 atom stereocenters. The third-order valence-electron chi connectivity index (χ3n) is 4.38. The molecule has 1 aromatic carbocycles. The maximum atomic E-state index is 12.2. The summed E-state index contributed by atoms with van der Waals surface area (Å²) in [5.41, 5.74) is 1.30. The van der Waals surface area contributed by atoms with Gasteiger partial charge in [-0.2, -0.15) is 0 Å². The summed E-state index contributed by atoms with van der Waals surface area (Å²) in [5, 5.41) is 3.04. The van der Waals surface area contributed by atoms with Crippen LogP contribution in [0.25, 0.3) is 0 Å². The zero-order valence-corrected chi connectivity index (χ0v) is 14.0. The smallest absolute Gasteiger partial charge is 0.287 e. The Morgan fingerprint density at radius 3 is 2.83 bits per heavy atom. The zero-order chi connectivity index (χ0) is 16.8. The van der Waals surface area contributed by atoms with Crippen molar-refractivity contribution in [3.05, 3.63) is 60.1 Å². The first-order valence-electron chi connectivity index (χ1n) is 8.48. The number of hydrogen-bond acceptors (Lipinski definition) is 4. The predicted octanol–water partition coefficient (Wildman–Crippen LogP) is 2.69. The van der Waals surface area contributed by atoms with E-state index in [1.54, 1.807) is 12.1 Å². The molecule has 128 valence electrons. The van der Waals surface area contributed by atoms with Crippen molar-refractivity contribution in [3.63, 3.8) is 0 Å². The molecule has 1 fully saturated rings. The van der Waals surface area contributed by atoms with Gasteiger partial charge in [0.25, 0.3) is 5.91 Å². The molecule has 2 heterocycles. The van der Waals surface area contributed by atoms with E-state index in [0.29, 0.717) is 12.4 Å².